The molecule has 2 unspecified atom stereocenters. The Morgan fingerprint density at radius 3 is 2.96 bits per heavy atom. The topological polar surface area (TPSA) is 49.0 Å². The minimum absolute atomic E-state index is 0.0785. The molecule has 2 bridgehead atoms. The molecule has 3 aliphatic carbocycles. The van der Waals surface area contributed by atoms with Crippen molar-refractivity contribution in [1.82, 2.24) is 14.9 Å². The molecule has 1 fully saturated rings. The van der Waals surface area contributed by atoms with E-state index >= 15 is 0 Å². The zero-order chi connectivity index (χ0) is 16.9. The lowest BCUT2D eigenvalue weighted by Crippen LogP contribution is -2.50. The monoisotopic (exact) mass is 327 g/mol. The van der Waals surface area contributed by atoms with Crippen LogP contribution < -0.4 is 5.56 Å². The minimum Gasteiger partial charge on any atom is -0.310 e. The van der Waals surface area contributed by atoms with Crippen LogP contribution in [0.4, 0.5) is 0 Å². The van der Waals surface area contributed by atoms with Crippen LogP contribution in [0.3, 0.4) is 0 Å². The molecule has 4 aliphatic rings. The van der Waals surface area contributed by atoms with Crippen molar-refractivity contribution in [2.75, 3.05) is 13.1 Å². The summed E-state index contributed by atoms with van der Waals surface area (Å²) < 4.78 is 0. The molecule has 4 nitrogen and oxygen atoms in total. The van der Waals surface area contributed by atoms with Crippen LogP contribution in [0, 0.1) is 17.3 Å². The van der Waals surface area contributed by atoms with Gasteiger partial charge in [0.2, 0.25) is 0 Å². The summed E-state index contributed by atoms with van der Waals surface area (Å²) in [6, 6.07) is 0. The number of allylic oxidation sites excluding steroid dienone is 1. The van der Waals surface area contributed by atoms with E-state index in [2.05, 4.69) is 36.7 Å². The van der Waals surface area contributed by atoms with E-state index in [4.69, 9.17) is 4.98 Å². The molecule has 1 aromatic heterocycles. The van der Waals surface area contributed by atoms with Gasteiger partial charge in [0, 0.05) is 32.5 Å². The first-order valence-corrected chi connectivity index (χ1v) is 9.51. The molecule has 24 heavy (non-hydrogen) atoms. The number of aromatic nitrogens is 2. The summed E-state index contributed by atoms with van der Waals surface area (Å²) >= 11 is 0. The van der Waals surface area contributed by atoms with E-state index in [0.29, 0.717) is 5.41 Å². The van der Waals surface area contributed by atoms with Crippen molar-refractivity contribution in [3.05, 3.63) is 39.1 Å². The summed E-state index contributed by atoms with van der Waals surface area (Å²) in [6.45, 7) is 9.76. The van der Waals surface area contributed by atoms with E-state index in [1.807, 2.05) is 0 Å². The van der Waals surface area contributed by atoms with Crippen LogP contribution >= 0.6 is 0 Å². The van der Waals surface area contributed by atoms with Crippen molar-refractivity contribution in [2.24, 2.45) is 17.3 Å². The average molecular weight is 327 g/mol. The molecule has 2 atom stereocenters. The zero-order valence-electron chi connectivity index (χ0n) is 15.2. The first kappa shape index (κ1) is 16.1. The normalized spacial score (nSPS) is 28.0. The molecular weight excluding hydrogens is 298 g/mol. The van der Waals surface area contributed by atoms with Gasteiger partial charge in [-0.15, -0.1) is 0 Å². The fourth-order valence-electron chi connectivity index (χ4n) is 4.94. The highest BCUT2D eigenvalue weighted by Crippen LogP contribution is 2.59. The van der Waals surface area contributed by atoms with Crippen molar-refractivity contribution in [2.45, 2.75) is 59.4 Å². The van der Waals surface area contributed by atoms with Crippen molar-refractivity contribution in [3.63, 3.8) is 0 Å². The lowest BCUT2D eigenvalue weighted by atomic mass is 9.49. The van der Waals surface area contributed by atoms with E-state index in [1.54, 1.807) is 5.57 Å². The van der Waals surface area contributed by atoms with E-state index in [-0.39, 0.29) is 5.56 Å². The standard InChI is InChI=1S/C20H29N3O/c1-4-5-18-21-17-8-9-23(12-15(17)19(24)22-18)11-13-6-7-14-10-16(13)20(14,2)3/h6,14,16H,4-5,7-12H2,1-3H3,(H,21,22,24). The Balaban J connectivity index is 1.49. The Morgan fingerprint density at radius 1 is 1.42 bits per heavy atom. The van der Waals surface area contributed by atoms with Crippen LogP contribution in [0.5, 0.6) is 0 Å². The van der Waals surface area contributed by atoms with E-state index in [9.17, 15) is 4.79 Å². The predicted octanol–water partition coefficient (Wildman–Crippen LogP) is 3.07. The molecule has 0 amide bonds. The lowest BCUT2D eigenvalue weighted by Gasteiger charge is -2.57. The second-order valence-electron chi connectivity index (χ2n) is 8.47. The Kier molecular flexibility index (Phi) is 3.91. The number of H-pyrrole nitrogens is 1. The Labute approximate surface area is 144 Å². The molecule has 130 valence electrons. The minimum atomic E-state index is 0.0785. The Morgan fingerprint density at radius 2 is 2.25 bits per heavy atom. The SMILES string of the molecule is CCCc1nc2c(c(=O)[nH]1)CN(CC1=CCC3CC1C3(C)C)CC2. The summed E-state index contributed by atoms with van der Waals surface area (Å²) in [7, 11) is 0. The molecule has 0 spiro atoms. The molecule has 0 aromatic carbocycles. The fourth-order valence-corrected chi connectivity index (χ4v) is 4.94. The van der Waals surface area contributed by atoms with Crippen molar-refractivity contribution in [3.8, 4) is 0 Å². The van der Waals surface area contributed by atoms with Gasteiger partial charge in [-0.05, 0) is 36.5 Å². The quantitative estimate of drug-likeness (QED) is 0.865. The van der Waals surface area contributed by atoms with Crippen LogP contribution in [-0.4, -0.2) is 28.0 Å². The molecule has 1 N–H and O–H groups in total. The number of hydrogen-bond donors (Lipinski definition) is 1. The average Bonchev–Trinajstić information content (AvgIpc) is 2.56. The second kappa shape index (κ2) is 5.83. The largest absolute Gasteiger partial charge is 0.310 e. The van der Waals surface area contributed by atoms with Crippen LogP contribution in [0.1, 0.15) is 57.1 Å². The van der Waals surface area contributed by atoms with Gasteiger partial charge in [0.05, 0.1) is 11.3 Å². The van der Waals surface area contributed by atoms with Gasteiger partial charge in [-0.2, -0.15) is 0 Å². The van der Waals surface area contributed by atoms with Crippen LogP contribution in [0.2, 0.25) is 0 Å². The number of fused-ring (bicyclic) bond motifs is 2. The summed E-state index contributed by atoms with van der Waals surface area (Å²) in [4.78, 5) is 22.6. The maximum atomic E-state index is 12.4. The van der Waals surface area contributed by atoms with Crippen LogP contribution in [-0.2, 0) is 19.4 Å². The summed E-state index contributed by atoms with van der Waals surface area (Å²) in [5.74, 6) is 2.49. The van der Waals surface area contributed by atoms with Gasteiger partial charge in [-0.3, -0.25) is 9.69 Å². The highest BCUT2D eigenvalue weighted by Gasteiger charge is 2.51. The van der Waals surface area contributed by atoms with Gasteiger partial charge < -0.3 is 4.98 Å². The smallest absolute Gasteiger partial charge is 0.255 e. The van der Waals surface area contributed by atoms with E-state index in [1.165, 1.54) is 12.8 Å². The molecule has 0 radical (unpaired) electrons. The third-order valence-electron chi connectivity index (χ3n) is 6.67. The molecule has 4 heteroatoms. The van der Waals surface area contributed by atoms with Crippen LogP contribution in [0.15, 0.2) is 16.4 Å². The van der Waals surface area contributed by atoms with Gasteiger partial charge in [-0.25, -0.2) is 4.98 Å². The number of nitrogens with zero attached hydrogens (tertiary/aromatic N) is 2. The van der Waals surface area contributed by atoms with Crippen molar-refractivity contribution < 1.29 is 0 Å². The first-order chi connectivity index (χ1) is 11.5. The molecule has 2 heterocycles. The van der Waals surface area contributed by atoms with Gasteiger partial charge in [0.15, 0.2) is 0 Å². The summed E-state index contributed by atoms with van der Waals surface area (Å²) in [5, 5.41) is 0. The number of hydrogen-bond acceptors (Lipinski definition) is 3. The van der Waals surface area contributed by atoms with Crippen LogP contribution in [0.25, 0.3) is 0 Å². The lowest BCUT2D eigenvalue weighted by molar-refractivity contribution is -0.0110. The number of nitrogens with one attached hydrogen (secondary N) is 1. The molecule has 1 saturated carbocycles. The molecular formula is C20H29N3O. The first-order valence-electron chi connectivity index (χ1n) is 9.51. The zero-order valence-corrected chi connectivity index (χ0v) is 15.2. The number of aromatic amines is 1. The molecule has 0 saturated heterocycles. The van der Waals surface area contributed by atoms with Crippen molar-refractivity contribution in [1.29, 1.82) is 0 Å². The summed E-state index contributed by atoms with van der Waals surface area (Å²) in [5.41, 5.74) is 4.09. The third-order valence-corrected chi connectivity index (χ3v) is 6.67. The molecule has 1 aliphatic heterocycles. The van der Waals surface area contributed by atoms with E-state index < -0.39 is 0 Å². The highest BCUT2D eigenvalue weighted by atomic mass is 16.1. The number of rotatable bonds is 4. The van der Waals surface area contributed by atoms with Gasteiger partial charge in [-0.1, -0.05) is 32.4 Å². The van der Waals surface area contributed by atoms with Gasteiger partial charge in [0.1, 0.15) is 5.82 Å². The van der Waals surface area contributed by atoms with E-state index in [0.717, 1.165) is 67.8 Å². The maximum absolute atomic E-state index is 12.4. The van der Waals surface area contributed by atoms with Gasteiger partial charge in [0.25, 0.3) is 5.56 Å². The molecule has 5 rings (SSSR count). The predicted molar refractivity (Wildman–Crippen MR) is 95.9 cm³/mol. The third kappa shape index (κ3) is 2.55. The van der Waals surface area contributed by atoms with Crippen molar-refractivity contribution >= 4 is 0 Å². The number of aryl methyl sites for hydroxylation is 1. The second-order valence-corrected chi connectivity index (χ2v) is 8.47. The molecule has 1 aromatic rings. The Hall–Kier alpha value is -1.42. The summed E-state index contributed by atoms with van der Waals surface area (Å²) in [6.07, 6.45) is 7.86. The highest BCUT2D eigenvalue weighted by molar-refractivity contribution is 5.26. The fraction of sp³-hybridized carbons (Fsp3) is 0.700. The Bertz CT molecular complexity index is 731. The van der Waals surface area contributed by atoms with Gasteiger partial charge >= 0.3 is 0 Å². The maximum Gasteiger partial charge on any atom is 0.255 e.